The van der Waals surface area contributed by atoms with Crippen LogP contribution in [0.2, 0.25) is 0 Å². The van der Waals surface area contributed by atoms with Gasteiger partial charge < -0.3 is 35.8 Å². The third-order valence-electron chi connectivity index (χ3n) is 8.86. The van der Waals surface area contributed by atoms with Gasteiger partial charge in [-0.25, -0.2) is 4.79 Å². The molecule has 1 heterocycles. The van der Waals surface area contributed by atoms with E-state index in [1.807, 2.05) is 27.7 Å². The first-order chi connectivity index (χ1) is 21.7. The smallest absolute Gasteiger partial charge is 0.408 e. The molecule has 266 valence electrons. The van der Waals surface area contributed by atoms with Crippen molar-refractivity contribution < 1.29 is 33.8 Å². The lowest BCUT2D eigenvalue weighted by Gasteiger charge is -2.32. The van der Waals surface area contributed by atoms with Gasteiger partial charge in [0, 0.05) is 26.2 Å². The maximum Gasteiger partial charge on any atom is 0.408 e. The monoisotopic (exact) mass is 653 g/mol. The van der Waals surface area contributed by atoms with Gasteiger partial charge in [-0.2, -0.15) is 0 Å². The molecule has 46 heavy (non-hydrogen) atoms. The number of hydrogen-bond acceptors (Lipinski definition) is 8. The van der Waals surface area contributed by atoms with E-state index >= 15 is 0 Å². The quantitative estimate of drug-likeness (QED) is 0.160. The molecule has 0 spiro atoms. The van der Waals surface area contributed by atoms with E-state index in [1.54, 1.807) is 20.8 Å². The standard InChI is InChI=1S/C34H63N5O7/c1-8-24(4)30(38-31(42)27(21-25-12-10-9-11-13-25)37-33(44)46-34(5,6)7)32(43)36-26(20-23(2)3)28(40)22-29(41)35-14-15-39-16-18-45-19-17-39/h23-28,30,40H,8-22H2,1-7H3,(H,35,41)(H,36,43)(H,37,44)(H,38,42)/t24-,26-,27-,28-,30-/m0/s1. The zero-order chi connectivity index (χ0) is 34.3. The number of aliphatic hydroxyl groups is 1. The second-order valence-corrected chi connectivity index (χ2v) is 14.6. The van der Waals surface area contributed by atoms with Crippen molar-refractivity contribution in [2.45, 2.75) is 136 Å². The molecule has 2 aliphatic rings. The number of alkyl carbamates (subject to hydrolysis) is 1. The normalized spacial score (nSPS) is 19.8. The minimum atomic E-state index is -1.10. The van der Waals surface area contributed by atoms with Gasteiger partial charge in [-0.3, -0.25) is 19.3 Å². The van der Waals surface area contributed by atoms with E-state index in [-0.39, 0.29) is 24.2 Å². The molecule has 12 nitrogen and oxygen atoms in total. The molecule has 2 rings (SSSR count). The lowest BCUT2D eigenvalue weighted by atomic mass is 9.84. The maximum absolute atomic E-state index is 13.8. The van der Waals surface area contributed by atoms with Crippen molar-refractivity contribution in [1.29, 1.82) is 0 Å². The van der Waals surface area contributed by atoms with Crippen molar-refractivity contribution in [3.05, 3.63) is 0 Å². The van der Waals surface area contributed by atoms with Crippen molar-refractivity contribution in [3.63, 3.8) is 0 Å². The van der Waals surface area contributed by atoms with Crippen molar-refractivity contribution in [1.82, 2.24) is 26.2 Å². The third-order valence-corrected chi connectivity index (χ3v) is 8.86. The van der Waals surface area contributed by atoms with Crippen LogP contribution >= 0.6 is 0 Å². The summed E-state index contributed by atoms with van der Waals surface area (Å²) in [7, 11) is 0. The fourth-order valence-electron chi connectivity index (χ4n) is 6.07. The van der Waals surface area contributed by atoms with Crippen molar-refractivity contribution >= 4 is 23.8 Å². The third kappa shape index (κ3) is 15.4. The van der Waals surface area contributed by atoms with Crippen LogP contribution in [0.25, 0.3) is 0 Å². The number of amides is 4. The minimum Gasteiger partial charge on any atom is -0.444 e. The summed E-state index contributed by atoms with van der Waals surface area (Å²) in [5.74, 6) is -0.929. The fourth-order valence-corrected chi connectivity index (χ4v) is 6.07. The Labute approximate surface area is 276 Å². The first-order valence-electron chi connectivity index (χ1n) is 17.5. The van der Waals surface area contributed by atoms with Crippen LogP contribution < -0.4 is 21.3 Å². The number of nitrogens with zero attached hydrogens (tertiary/aromatic N) is 1. The van der Waals surface area contributed by atoms with E-state index in [2.05, 4.69) is 26.2 Å². The molecule has 0 bridgehead atoms. The van der Waals surface area contributed by atoms with E-state index < -0.39 is 47.7 Å². The molecule has 12 heteroatoms. The molecular weight excluding hydrogens is 590 g/mol. The first kappa shape index (κ1) is 39.7. The lowest BCUT2D eigenvalue weighted by Crippen LogP contribution is -2.58. The molecule has 0 aromatic carbocycles. The zero-order valence-electron chi connectivity index (χ0n) is 29.5. The van der Waals surface area contributed by atoms with Crippen LogP contribution in [0, 0.1) is 17.8 Å². The van der Waals surface area contributed by atoms with Crippen LogP contribution in [0.1, 0.15) is 106 Å². The van der Waals surface area contributed by atoms with Gasteiger partial charge in [-0.1, -0.05) is 66.2 Å². The Morgan fingerprint density at radius 1 is 0.957 bits per heavy atom. The highest BCUT2D eigenvalue weighted by atomic mass is 16.6. The average Bonchev–Trinajstić information content (AvgIpc) is 2.98. The van der Waals surface area contributed by atoms with Crippen LogP contribution in [0.5, 0.6) is 0 Å². The van der Waals surface area contributed by atoms with Gasteiger partial charge in [0.15, 0.2) is 0 Å². The Kier molecular flexibility index (Phi) is 17.3. The van der Waals surface area contributed by atoms with Gasteiger partial charge in [0.1, 0.15) is 17.7 Å². The van der Waals surface area contributed by atoms with Crippen molar-refractivity contribution in [3.8, 4) is 0 Å². The summed E-state index contributed by atoms with van der Waals surface area (Å²) in [6, 6.07) is -2.43. The summed E-state index contributed by atoms with van der Waals surface area (Å²) < 4.78 is 10.8. The topological polar surface area (TPSA) is 158 Å². The lowest BCUT2D eigenvalue weighted by molar-refractivity contribution is -0.133. The highest BCUT2D eigenvalue weighted by Gasteiger charge is 2.34. The largest absolute Gasteiger partial charge is 0.444 e. The van der Waals surface area contributed by atoms with Gasteiger partial charge in [0.2, 0.25) is 17.7 Å². The average molecular weight is 654 g/mol. The predicted octanol–water partition coefficient (Wildman–Crippen LogP) is 3.11. The van der Waals surface area contributed by atoms with Crippen LogP contribution in [0.3, 0.4) is 0 Å². The van der Waals surface area contributed by atoms with Crippen molar-refractivity contribution in [2.24, 2.45) is 17.8 Å². The number of ether oxygens (including phenoxy) is 2. The predicted molar refractivity (Wildman–Crippen MR) is 178 cm³/mol. The Hall–Kier alpha value is -2.44. The van der Waals surface area contributed by atoms with Crippen molar-refractivity contribution in [2.75, 3.05) is 39.4 Å². The Morgan fingerprint density at radius 2 is 1.61 bits per heavy atom. The van der Waals surface area contributed by atoms with Gasteiger partial charge in [-0.05, 0) is 51.4 Å². The SMILES string of the molecule is CC[C@H](C)[C@H](NC(=O)[C@H](CC1CCCCC1)NC(=O)OC(C)(C)C)C(=O)N[C@@H](CC(C)C)[C@@H](O)CC(=O)NCCN1CCOCC1. The minimum absolute atomic E-state index is 0.138. The summed E-state index contributed by atoms with van der Waals surface area (Å²) in [6.45, 7) is 17.3. The van der Waals surface area contributed by atoms with Crippen LogP contribution in [0.15, 0.2) is 0 Å². The van der Waals surface area contributed by atoms with Gasteiger partial charge >= 0.3 is 6.09 Å². The summed E-state index contributed by atoms with van der Waals surface area (Å²) in [6.07, 6.45) is 4.96. The van der Waals surface area contributed by atoms with E-state index in [0.717, 1.165) is 38.8 Å². The first-order valence-corrected chi connectivity index (χ1v) is 17.5. The van der Waals surface area contributed by atoms with E-state index in [1.165, 1.54) is 6.42 Å². The van der Waals surface area contributed by atoms with E-state index in [9.17, 15) is 24.3 Å². The second-order valence-electron chi connectivity index (χ2n) is 14.6. The van der Waals surface area contributed by atoms with Crippen LogP contribution in [-0.4, -0.2) is 103 Å². The molecule has 0 aromatic heterocycles. The van der Waals surface area contributed by atoms with Crippen LogP contribution in [-0.2, 0) is 23.9 Å². The van der Waals surface area contributed by atoms with E-state index in [0.29, 0.717) is 51.5 Å². The number of aliphatic hydroxyl groups excluding tert-OH is 1. The highest BCUT2D eigenvalue weighted by molar-refractivity contribution is 5.91. The number of carbonyl (C=O) groups is 4. The van der Waals surface area contributed by atoms with Crippen LogP contribution in [0.4, 0.5) is 4.79 Å². The molecule has 5 N–H and O–H groups in total. The molecule has 1 aliphatic heterocycles. The molecule has 1 saturated heterocycles. The fraction of sp³-hybridized carbons (Fsp3) is 0.882. The maximum atomic E-state index is 13.8. The highest BCUT2D eigenvalue weighted by Crippen LogP contribution is 2.28. The van der Waals surface area contributed by atoms with Gasteiger partial charge in [-0.15, -0.1) is 0 Å². The van der Waals surface area contributed by atoms with Gasteiger partial charge in [0.25, 0.3) is 0 Å². The number of hydrogen-bond donors (Lipinski definition) is 5. The molecule has 1 saturated carbocycles. The molecule has 0 radical (unpaired) electrons. The molecule has 5 atom stereocenters. The number of morpholine rings is 1. The molecule has 1 aliphatic carbocycles. The second kappa shape index (κ2) is 20.0. The molecule has 0 unspecified atom stereocenters. The summed E-state index contributed by atoms with van der Waals surface area (Å²) in [4.78, 5) is 55.1. The molecular formula is C34H63N5O7. The zero-order valence-corrected chi connectivity index (χ0v) is 29.5. The molecule has 2 fully saturated rings. The summed E-state index contributed by atoms with van der Waals surface area (Å²) in [5, 5.41) is 22.6. The number of nitrogens with one attached hydrogen (secondary N) is 4. The Bertz CT molecular complexity index is 945. The number of rotatable bonds is 17. The van der Waals surface area contributed by atoms with E-state index in [4.69, 9.17) is 9.47 Å². The summed E-state index contributed by atoms with van der Waals surface area (Å²) in [5.41, 5.74) is -0.721. The van der Waals surface area contributed by atoms with Gasteiger partial charge in [0.05, 0.1) is 31.8 Å². The number of carbonyl (C=O) groups excluding carboxylic acids is 4. The summed E-state index contributed by atoms with van der Waals surface area (Å²) >= 11 is 0. The molecule has 0 aromatic rings. The Morgan fingerprint density at radius 3 is 2.20 bits per heavy atom. The Balaban J connectivity index is 2.08. The molecule has 4 amide bonds.